The molecular weight excluding hydrogens is 300 g/mol. The molecule has 24 heavy (non-hydrogen) atoms. The third-order valence-corrected chi connectivity index (χ3v) is 5.73. The molecular formula is C20H32N2O2. The van der Waals surface area contributed by atoms with Crippen LogP contribution in [0.5, 0.6) is 5.75 Å². The van der Waals surface area contributed by atoms with E-state index in [-0.39, 0.29) is 6.10 Å². The summed E-state index contributed by atoms with van der Waals surface area (Å²) in [6.07, 6.45) is 8.00. The Kier molecular flexibility index (Phi) is 6.52. The fourth-order valence-electron chi connectivity index (χ4n) is 4.13. The number of piperidine rings is 1. The summed E-state index contributed by atoms with van der Waals surface area (Å²) in [6, 6.07) is 8.42. The lowest BCUT2D eigenvalue weighted by Gasteiger charge is -2.31. The van der Waals surface area contributed by atoms with Crippen LogP contribution in [0, 0.1) is 0 Å². The number of nitrogens with zero attached hydrogens (tertiary/aromatic N) is 1. The molecule has 1 saturated carbocycles. The first kappa shape index (κ1) is 17.7. The summed E-state index contributed by atoms with van der Waals surface area (Å²) in [4.78, 5) is 2.48. The lowest BCUT2D eigenvalue weighted by atomic mass is 9.82. The monoisotopic (exact) mass is 332 g/mol. The number of phenolic OH excluding ortho intramolecular Hbond substituents is 1. The van der Waals surface area contributed by atoms with Gasteiger partial charge in [-0.1, -0.05) is 12.1 Å². The molecule has 2 aliphatic rings. The maximum absolute atomic E-state index is 9.53. The first-order chi connectivity index (χ1) is 11.7. The van der Waals surface area contributed by atoms with E-state index in [4.69, 9.17) is 0 Å². The van der Waals surface area contributed by atoms with Gasteiger partial charge in [0.1, 0.15) is 5.75 Å². The number of hydrogen-bond acceptors (Lipinski definition) is 4. The predicted molar refractivity (Wildman–Crippen MR) is 97.4 cm³/mol. The molecule has 134 valence electrons. The van der Waals surface area contributed by atoms with Gasteiger partial charge in [-0.3, -0.25) is 0 Å². The van der Waals surface area contributed by atoms with Crippen LogP contribution < -0.4 is 5.32 Å². The molecule has 0 unspecified atom stereocenters. The molecule has 4 nitrogen and oxygen atoms in total. The number of benzene rings is 1. The van der Waals surface area contributed by atoms with E-state index in [0.717, 1.165) is 39.0 Å². The van der Waals surface area contributed by atoms with Crippen LogP contribution in [0.4, 0.5) is 0 Å². The van der Waals surface area contributed by atoms with E-state index in [2.05, 4.69) is 22.3 Å². The van der Waals surface area contributed by atoms with Gasteiger partial charge in [0.15, 0.2) is 0 Å². The van der Waals surface area contributed by atoms with E-state index < -0.39 is 0 Å². The molecule has 0 amide bonds. The van der Waals surface area contributed by atoms with Crippen LogP contribution in [-0.4, -0.2) is 53.4 Å². The number of nitrogens with one attached hydrogen (secondary N) is 1. The van der Waals surface area contributed by atoms with Gasteiger partial charge in [0.05, 0.1) is 6.10 Å². The fraction of sp³-hybridized carbons (Fsp3) is 0.700. The van der Waals surface area contributed by atoms with Crippen LogP contribution in [0.25, 0.3) is 0 Å². The average Bonchev–Trinajstić information content (AvgIpc) is 2.62. The lowest BCUT2D eigenvalue weighted by molar-refractivity contribution is 0.0819. The maximum atomic E-state index is 9.53. The summed E-state index contributed by atoms with van der Waals surface area (Å²) >= 11 is 0. The van der Waals surface area contributed by atoms with Crippen molar-refractivity contribution in [3.8, 4) is 5.75 Å². The Morgan fingerprint density at radius 2 is 1.62 bits per heavy atom. The normalized spacial score (nSPS) is 26.5. The Morgan fingerprint density at radius 1 is 0.958 bits per heavy atom. The number of phenols is 1. The first-order valence-electron chi connectivity index (χ1n) is 9.63. The van der Waals surface area contributed by atoms with Gasteiger partial charge < -0.3 is 20.4 Å². The van der Waals surface area contributed by atoms with E-state index in [9.17, 15) is 10.2 Å². The van der Waals surface area contributed by atoms with E-state index in [1.165, 1.54) is 37.7 Å². The molecule has 1 aliphatic carbocycles. The molecule has 0 aromatic heterocycles. The molecule has 2 fully saturated rings. The second-order valence-electron chi connectivity index (χ2n) is 7.52. The average molecular weight is 332 g/mol. The van der Waals surface area contributed by atoms with Gasteiger partial charge in [0, 0.05) is 19.1 Å². The Labute approximate surface area is 145 Å². The zero-order chi connectivity index (χ0) is 16.8. The molecule has 0 bridgehead atoms. The molecule has 1 aliphatic heterocycles. The summed E-state index contributed by atoms with van der Waals surface area (Å²) in [6.45, 7) is 4.37. The molecule has 1 aromatic carbocycles. The minimum Gasteiger partial charge on any atom is -0.508 e. The van der Waals surface area contributed by atoms with Gasteiger partial charge in [0.2, 0.25) is 0 Å². The largest absolute Gasteiger partial charge is 0.508 e. The number of aliphatic hydroxyl groups excluding tert-OH is 1. The highest BCUT2D eigenvalue weighted by molar-refractivity contribution is 5.28. The molecule has 0 spiro atoms. The number of likely N-dealkylation sites (tertiary alicyclic amines) is 1. The highest BCUT2D eigenvalue weighted by Gasteiger charge is 2.22. The standard InChI is InChI=1S/C20H32N2O2/c23-19-8-4-17(5-9-19)16-2-6-18(7-3-16)21-12-1-13-22-14-10-20(24)11-15-22/h4-5,8-9,16,18,20-21,23-24H,1-3,6-7,10-15H2. The van der Waals surface area contributed by atoms with Crippen molar-refractivity contribution in [1.29, 1.82) is 0 Å². The van der Waals surface area contributed by atoms with Crippen molar-refractivity contribution in [1.82, 2.24) is 10.2 Å². The smallest absolute Gasteiger partial charge is 0.115 e. The minimum atomic E-state index is -0.0665. The summed E-state index contributed by atoms with van der Waals surface area (Å²) in [7, 11) is 0. The Morgan fingerprint density at radius 3 is 2.29 bits per heavy atom. The maximum Gasteiger partial charge on any atom is 0.115 e. The molecule has 1 heterocycles. The van der Waals surface area contributed by atoms with Crippen molar-refractivity contribution in [3.63, 3.8) is 0 Å². The summed E-state index contributed by atoms with van der Waals surface area (Å²) < 4.78 is 0. The van der Waals surface area contributed by atoms with Crippen molar-refractivity contribution in [2.75, 3.05) is 26.2 Å². The minimum absolute atomic E-state index is 0.0665. The third kappa shape index (κ3) is 5.20. The van der Waals surface area contributed by atoms with Gasteiger partial charge in [-0.2, -0.15) is 0 Å². The molecule has 3 N–H and O–H groups in total. The van der Waals surface area contributed by atoms with Crippen LogP contribution in [-0.2, 0) is 0 Å². The van der Waals surface area contributed by atoms with Gasteiger partial charge in [-0.15, -0.1) is 0 Å². The Bertz CT molecular complexity index is 475. The lowest BCUT2D eigenvalue weighted by Crippen LogP contribution is -2.38. The van der Waals surface area contributed by atoms with Gasteiger partial charge in [-0.25, -0.2) is 0 Å². The predicted octanol–water partition coefficient (Wildman–Crippen LogP) is 2.85. The number of aromatic hydroxyl groups is 1. The van der Waals surface area contributed by atoms with Crippen molar-refractivity contribution in [2.24, 2.45) is 0 Å². The zero-order valence-corrected chi connectivity index (χ0v) is 14.7. The fourth-order valence-corrected chi connectivity index (χ4v) is 4.13. The first-order valence-corrected chi connectivity index (χ1v) is 9.63. The molecule has 0 radical (unpaired) electrons. The SMILES string of the molecule is Oc1ccc(C2CCC(NCCCN3CCC(O)CC3)CC2)cc1. The highest BCUT2D eigenvalue weighted by Crippen LogP contribution is 2.33. The van der Waals surface area contributed by atoms with Crippen molar-refractivity contribution >= 4 is 0 Å². The van der Waals surface area contributed by atoms with E-state index in [1.54, 1.807) is 12.1 Å². The quantitative estimate of drug-likeness (QED) is 0.701. The molecule has 3 rings (SSSR count). The highest BCUT2D eigenvalue weighted by atomic mass is 16.3. The Balaban J connectivity index is 1.29. The third-order valence-electron chi connectivity index (χ3n) is 5.73. The zero-order valence-electron chi connectivity index (χ0n) is 14.7. The van der Waals surface area contributed by atoms with Gasteiger partial charge in [0.25, 0.3) is 0 Å². The second kappa shape index (κ2) is 8.84. The summed E-state index contributed by atoms with van der Waals surface area (Å²) in [5.41, 5.74) is 1.37. The number of aliphatic hydroxyl groups is 1. The number of hydrogen-bond donors (Lipinski definition) is 3. The van der Waals surface area contributed by atoms with Crippen LogP contribution >= 0.6 is 0 Å². The number of rotatable bonds is 6. The van der Waals surface area contributed by atoms with Gasteiger partial charge in [-0.05, 0) is 81.6 Å². The van der Waals surface area contributed by atoms with E-state index in [0.29, 0.717) is 17.7 Å². The van der Waals surface area contributed by atoms with E-state index in [1.807, 2.05) is 0 Å². The summed E-state index contributed by atoms with van der Waals surface area (Å²) in [5.74, 6) is 1.01. The molecule has 0 atom stereocenters. The van der Waals surface area contributed by atoms with Crippen molar-refractivity contribution < 1.29 is 10.2 Å². The van der Waals surface area contributed by atoms with E-state index >= 15 is 0 Å². The van der Waals surface area contributed by atoms with Crippen LogP contribution in [0.3, 0.4) is 0 Å². The topological polar surface area (TPSA) is 55.7 Å². The molecule has 1 aromatic rings. The van der Waals surface area contributed by atoms with Crippen LogP contribution in [0.2, 0.25) is 0 Å². The van der Waals surface area contributed by atoms with Gasteiger partial charge >= 0.3 is 0 Å². The summed E-state index contributed by atoms with van der Waals surface area (Å²) in [5, 5.41) is 22.7. The van der Waals surface area contributed by atoms with Crippen molar-refractivity contribution in [2.45, 2.75) is 63.0 Å². The van der Waals surface area contributed by atoms with Crippen molar-refractivity contribution in [3.05, 3.63) is 29.8 Å². The molecule has 4 heteroatoms. The molecule has 1 saturated heterocycles. The Hall–Kier alpha value is -1.10. The second-order valence-corrected chi connectivity index (χ2v) is 7.52. The van der Waals surface area contributed by atoms with Crippen LogP contribution in [0.15, 0.2) is 24.3 Å². The van der Waals surface area contributed by atoms with Crippen LogP contribution in [0.1, 0.15) is 56.4 Å².